The number of aliphatic hydroxyl groups excluding tert-OH is 2. The van der Waals surface area contributed by atoms with Crippen LogP contribution in [0.3, 0.4) is 0 Å². The number of hydrogen-bond donors (Lipinski definition) is 3. The lowest BCUT2D eigenvalue weighted by Gasteiger charge is -1.98. The fraction of sp³-hybridized carbons (Fsp3) is 0.400. The van der Waals surface area contributed by atoms with E-state index in [2.05, 4.69) is 10.2 Å². The maximum Gasteiger partial charge on any atom is 0.342 e. The molecule has 1 heterocycles. The summed E-state index contributed by atoms with van der Waals surface area (Å²) in [7, 11) is 0. The highest BCUT2D eigenvalue weighted by Gasteiger charge is 2.15. The van der Waals surface area contributed by atoms with Crippen LogP contribution in [0.15, 0.2) is 6.07 Å². The van der Waals surface area contributed by atoms with Crippen LogP contribution in [0.1, 0.15) is 11.8 Å². The Bertz CT molecular complexity index is 284. The molecule has 66 valence electrons. The van der Waals surface area contributed by atoms with Gasteiger partial charge >= 0.3 is 5.82 Å². The van der Waals surface area contributed by atoms with Gasteiger partial charge in [-0.25, -0.2) is 0 Å². The van der Waals surface area contributed by atoms with Crippen LogP contribution in [-0.2, 0) is 0 Å². The number of H-pyrrole nitrogens is 1. The van der Waals surface area contributed by atoms with Gasteiger partial charge < -0.3 is 20.3 Å². The third-order valence-corrected chi connectivity index (χ3v) is 1.30. The number of aromatic amines is 1. The van der Waals surface area contributed by atoms with Crippen molar-refractivity contribution in [1.29, 1.82) is 0 Å². The van der Waals surface area contributed by atoms with Crippen molar-refractivity contribution in [2.75, 3.05) is 6.61 Å². The molecule has 1 aromatic heterocycles. The van der Waals surface area contributed by atoms with Crippen molar-refractivity contribution in [3.05, 3.63) is 21.9 Å². The van der Waals surface area contributed by atoms with E-state index in [1.54, 1.807) is 0 Å². The summed E-state index contributed by atoms with van der Waals surface area (Å²) in [6, 6.07) is 1.07. The van der Waals surface area contributed by atoms with E-state index < -0.39 is 17.6 Å². The zero-order valence-electron chi connectivity index (χ0n) is 5.97. The van der Waals surface area contributed by atoms with E-state index in [4.69, 9.17) is 10.2 Å². The van der Waals surface area contributed by atoms with Crippen molar-refractivity contribution in [3.8, 4) is 0 Å². The fourth-order valence-corrected chi connectivity index (χ4v) is 0.684. The number of nitrogens with zero attached hydrogens (tertiary/aromatic N) is 2. The molecule has 0 amide bonds. The van der Waals surface area contributed by atoms with Gasteiger partial charge in [0, 0.05) is 0 Å². The summed E-state index contributed by atoms with van der Waals surface area (Å²) in [5.74, 6) is -0.308. The Morgan fingerprint density at radius 3 is 2.92 bits per heavy atom. The van der Waals surface area contributed by atoms with Crippen molar-refractivity contribution in [2.45, 2.75) is 6.10 Å². The molecule has 7 nitrogen and oxygen atoms in total. The van der Waals surface area contributed by atoms with E-state index in [-0.39, 0.29) is 11.5 Å². The third kappa shape index (κ3) is 1.57. The summed E-state index contributed by atoms with van der Waals surface area (Å²) in [6.07, 6.45) is -1.17. The second-order valence-corrected chi connectivity index (χ2v) is 2.13. The summed E-state index contributed by atoms with van der Waals surface area (Å²) < 4.78 is 0. The minimum atomic E-state index is -1.17. The molecule has 1 unspecified atom stereocenters. The molecule has 3 N–H and O–H groups in total. The van der Waals surface area contributed by atoms with Crippen molar-refractivity contribution in [2.24, 2.45) is 0 Å². The van der Waals surface area contributed by atoms with Crippen molar-refractivity contribution >= 4 is 5.82 Å². The summed E-state index contributed by atoms with van der Waals surface area (Å²) in [5.41, 5.74) is 0.0594. The summed E-state index contributed by atoms with van der Waals surface area (Å²) in [4.78, 5) is 9.45. The molecule has 0 spiro atoms. The van der Waals surface area contributed by atoms with Crippen LogP contribution in [0.2, 0.25) is 0 Å². The average molecular weight is 173 g/mol. The largest absolute Gasteiger partial charge is 0.393 e. The van der Waals surface area contributed by atoms with Gasteiger partial charge in [0.15, 0.2) is 0 Å². The Morgan fingerprint density at radius 1 is 1.83 bits per heavy atom. The second-order valence-electron chi connectivity index (χ2n) is 2.13. The van der Waals surface area contributed by atoms with Gasteiger partial charge in [0.2, 0.25) is 0 Å². The number of hydrogen-bond acceptors (Lipinski definition) is 5. The highest BCUT2D eigenvalue weighted by molar-refractivity contribution is 5.21. The number of aliphatic hydroxyl groups is 2. The molecule has 0 bridgehead atoms. The minimum absolute atomic E-state index is 0.0594. The number of nitrogens with one attached hydrogen (secondary N) is 1. The molecule has 7 heteroatoms. The molecule has 0 aliphatic rings. The van der Waals surface area contributed by atoms with Gasteiger partial charge in [-0.2, -0.15) is 0 Å². The lowest BCUT2D eigenvalue weighted by atomic mass is 10.3. The molecule has 1 rings (SSSR count). The Morgan fingerprint density at radius 2 is 2.50 bits per heavy atom. The van der Waals surface area contributed by atoms with Gasteiger partial charge in [-0.1, -0.05) is 5.10 Å². The molecule has 0 saturated heterocycles. The van der Waals surface area contributed by atoms with E-state index in [9.17, 15) is 10.1 Å². The highest BCUT2D eigenvalue weighted by Crippen LogP contribution is 2.14. The van der Waals surface area contributed by atoms with Gasteiger partial charge in [-0.3, -0.25) is 0 Å². The van der Waals surface area contributed by atoms with Crippen LogP contribution >= 0.6 is 0 Å². The van der Waals surface area contributed by atoms with Crippen molar-refractivity contribution < 1.29 is 15.1 Å². The Balaban J connectivity index is 2.84. The van der Waals surface area contributed by atoms with Crippen molar-refractivity contribution in [3.63, 3.8) is 0 Å². The van der Waals surface area contributed by atoms with Gasteiger partial charge in [0.25, 0.3) is 0 Å². The highest BCUT2D eigenvalue weighted by atomic mass is 16.6. The van der Waals surface area contributed by atoms with Gasteiger partial charge in [0.1, 0.15) is 11.8 Å². The first-order valence-corrected chi connectivity index (χ1v) is 3.13. The maximum atomic E-state index is 10.1. The average Bonchev–Trinajstić information content (AvgIpc) is 2.51. The van der Waals surface area contributed by atoms with E-state index in [1.807, 2.05) is 0 Å². The zero-order chi connectivity index (χ0) is 9.14. The summed E-state index contributed by atoms with van der Waals surface area (Å²) >= 11 is 0. The molecule has 0 fully saturated rings. The molecule has 1 atom stereocenters. The quantitative estimate of drug-likeness (QED) is 0.415. The molecule has 0 radical (unpaired) electrons. The van der Waals surface area contributed by atoms with Crippen LogP contribution in [0, 0.1) is 10.1 Å². The smallest absolute Gasteiger partial charge is 0.342 e. The first-order chi connectivity index (χ1) is 5.65. The SMILES string of the molecule is O=[N+]([O-])c1cc(C(O)CO)n[nH]1. The molecule has 12 heavy (non-hydrogen) atoms. The van der Waals surface area contributed by atoms with E-state index in [0.717, 1.165) is 6.07 Å². The topological polar surface area (TPSA) is 112 Å². The summed E-state index contributed by atoms with van der Waals surface area (Å²) in [6.45, 7) is -0.512. The van der Waals surface area contributed by atoms with Crippen molar-refractivity contribution in [1.82, 2.24) is 10.2 Å². The molecule has 1 aromatic rings. The van der Waals surface area contributed by atoms with Gasteiger partial charge in [-0.15, -0.1) is 5.10 Å². The normalized spacial score (nSPS) is 12.8. The molecule has 0 aromatic carbocycles. The zero-order valence-corrected chi connectivity index (χ0v) is 5.97. The second kappa shape index (κ2) is 3.28. The van der Waals surface area contributed by atoms with Gasteiger partial charge in [-0.05, 0) is 4.92 Å². The Labute approximate surface area is 66.8 Å². The first kappa shape index (κ1) is 8.62. The van der Waals surface area contributed by atoms with E-state index in [1.165, 1.54) is 0 Å². The van der Waals surface area contributed by atoms with Crippen LogP contribution in [0.4, 0.5) is 5.82 Å². The Kier molecular flexibility index (Phi) is 2.36. The number of nitro groups is 1. The number of aromatic nitrogens is 2. The molecule has 0 saturated carbocycles. The lowest BCUT2D eigenvalue weighted by molar-refractivity contribution is -0.389. The minimum Gasteiger partial charge on any atom is -0.393 e. The first-order valence-electron chi connectivity index (χ1n) is 3.13. The number of rotatable bonds is 3. The molecular weight excluding hydrogens is 166 g/mol. The fourth-order valence-electron chi connectivity index (χ4n) is 0.684. The lowest BCUT2D eigenvalue weighted by Crippen LogP contribution is -2.02. The monoisotopic (exact) mass is 173 g/mol. The molecule has 0 aliphatic carbocycles. The third-order valence-electron chi connectivity index (χ3n) is 1.30. The van der Waals surface area contributed by atoms with E-state index in [0.29, 0.717) is 0 Å². The Hall–Kier alpha value is -1.47. The van der Waals surface area contributed by atoms with Crippen LogP contribution in [0.25, 0.3) is 0 Å². The van der Waals surface area contributed by atoms with Crippen LogP contribution in [-0.4, -0.2) is 31.9 Å². The van der Waals surface area contributed by atoms with Crippen LogP contribution in [0.5, 0.6) is 0 Å². The van der Waals surface area contributed by atoms with E-state index >= 15 is 0 Å². The predicted molar refractivity (Wildman–Crippen MR) is 37.3 cm³/mol. The molecule has 0 aliphatic heterocycles. The van der Waals surface area contributed by atoms with Gasteiger partial charge in [0.05, 0.1) is 12.7 Å². The molecular formula is C5H7N3O4. The predicted octanol–water partition coefficient (Wildman–Crippen LogP) is -0.656. The standard InChI is InChI=1S/C5H7N3O4/c9-2-4(10)3-1-5(7-6-3)8(11)12/h1,4,9-10H,2H2,(H,6,7). The maximum absolute atomic E-state index is 10.1. The van der Waals surface area contributed by atoms with Crippen LogP contribution < -0.4 is 0 Å². The summed E-state index contributed by atoms with van der Waals surface area (Å²) in [5, 5.41) is 33.1.